The van der Waals surface area contributed by atoms with Crippen LogP contribution in [0.1, 0.15) is 64.2 Å². The normalized spacial score (nSPS) is 20.5. The summed E-state index contributed by atoms with van der Waals surface area (Å²) in [5.41, 5.74) is 0.869. The number of rotatable bonds is 7. The van der Waals surface area contributed by atoms with E-state index in [-0.39, 0.29) is 0 Å². The predicted octanol–water partition coefficient (Wildman–Crippen LogP) is 4.94. The van der Waals surface area contributed by atoms with Gasteiger partial charge in [0.25, 0.3) is 0 Å². The van der Waals surface area contributed by atoms with E-state index in [1.54, 1.807) is 6.20 Å². The molecule has 2 aliphatic carbocycles. The molecule has 1 aromatic heterocycles. The Balaban J connectivity index is 1.39. The lowest BCUT2D eigenvalue weighted by atomic mass is 9.88. The van der Waals surface area contributed by atoms with Crippen LogP contribution in [-0.4, -0.2) is 46.3 Å². The van der Waals surface area contributed by atoms with Crippen molar-refractivity contribution < 1.29 is 9.84 Å². The Morgan fingerprint density at radius 1 is 0.929 bits per heavy atom. The number of ether oxygens (including phenoxy) is 1. The quantitative estimate of drug-likeness (QED) is 0.736. The molecule has 2 aromatic rings. The topological polar surface area (TPSA) is 45.6 Å². The molecule has 1 heterocycles. The number of aromatic nitrogens is 1. The highest BCUT2D eigenvalue weighted by molar-refractivity contribution is 5.84. The van der Waals surface area contributed by atoms with Crippen LogP contribution in [0.3, 0.4) is 0 Å². The number of hydrogen-bond acceptors (Lipinski definition) is 4. The molecular formula is C24H34N2O2. The standard InChI is InChI=1S/C24H34N2O2/c27-22(18-28-23-15-7-9-19-10-8-16-25-24(19)23)17-26(20-11-3-1-4-12-20)21-13-5-2-6-14-21/h7-10,15-16,20-22,27H,1-6,11-14,17-18H2. The van der Waals surface area contributed by atoms with Gasteiger partial charge in [-0.3, -0.25) is 9.88 Å². The minimum atomic E-state index is -0.470. The largest absolute Gasteiger partial charge is 0.489 e. The number of para-hydroxylation sites is 1. The average molecular weight is 383 g/mol. The lowest BCUT2D eigenvalue weighted by Crippen LogP contribution is -2.49. The summed E-state index contributed by atoms with van der Waals surface area (Å²) >= 11 is 0. The molecule has 1 aromatic carbocycles. The highest BCUT2D eigenvalue weighted by Crippen LogP contribution is 2.30. The van der Waals surface area contributed by atoms with E-state index in [0.717, 1.165) is 23.2 Å². The lowest BCUT2D eigenvalue weighted by molar-refractivity contribution is 0.0119. The highest BCUT2D eigenvalue weighted by Gasteiger charge is 2.30. The number of aliphatic hydroxyl groups is 1. The molecule has 2 saturated carbocycles. The first-order chi connectivity index (χ1) is 13.8. The van der Waals surface area contributed by atoms with Crippen LogP contribution in [0.2, 0.25) is 0 Å². The Morgan fingerprint density at radius 2 is 1.57 bits per heavy atom. The predicted molar refractivity (Wildman–Crippen MR) is 114 cm³/mol. The fourth-order valence-electron chi connectivity index (χ4n) is 5.10. The summed E-state index contributed by atoms with van der Waals surface area (Å²) in [5.74, 6) is 0.763. The average Bonchev–Trinajstić information content (AvgIpc) is 2.77. The summed E-state index contributed by atoms with van der Waals surface area (Å²) in [6.45, 7) is 1.05. The van der Waals surface area contributed by atoms with Gasteiger partial charge in [-0.05, 0) is 37.8 Å². The molecule has 0 aliphatic heterocycles. The smallest absolute Gasteiger partial charge is 0.145 e. The van der Waals surface area contributed by atoms with Gasteiger partial charge < -0.3 is 9.84 Å². The summed E-state index contributed by atoms with van der Waals surface area (Å²) in [7, 11) is 0. The van der Waals surface area contributed by atoms with Gasteiger partial charge in [-0.2, -0.15) is 0 Å². The fraction of sp³-hybridized carbons (Fsp3) is 0.625. The van der Waals surface area contributed by atoms with Gasteiger partial charge in [0.05, 0.1) is 0 Å². The zero-order chi connectivity index (χ0) is 19.2. The zero-order valence-electron chi connectivity index (χ0n) is 16.9. The van der Waals surface area contributed by atoms with E-state index in [1.165, 1.54) is 64.2 Å². The van der Waals surface area contributed by atoms with Crippen molar-refractivity contribution in [1.82, 2.24) is 9.88 Å². The molecule has 2 aliphatic rings. The molecule has 0 radical (unpaired) electrons. The van der Waals surface area contributed by atoms with Crippen LogP contribution in [-0.2, 0) is 0 Å². The van der Waals surface area contributed by atoms with E-state index in [0.29, 0.717) is 18.7 Å². The first kappa shape index (κ1) is 19.7. The number of benzene rings is 1. The van der Waals surface area contributed by atoms with Gasteiger partial charge in [-0.15, -0.1) is 0 Å². The third kappa shape index (κ3) is 4.84. The second kappa shape index (κ2) is 9.71. The van der Waals surface area contributed by atoms with Gasteiger partial charge in [0.1, 0.15) is 24.0 Å². The van der Waals surface area contributed by atoms with E-state index in [9.17, 15) is 5.11 Å². The maximum atomic E-state index is 10.8. The number of hydrogen-bond donors (Lipinski definition) is 1. The van der Waals surface area contributed by atoms with Crippen molar-refractivity contribution in [2.24, 2.45) is 0 Å². The van der Waals surface area contributed by atoms with E-state index < -0.39 is 6.10 Å². The van der Waals surface area contributed by atoms with Gasteiger partial charge in [-0.25, -0.2) is 0 Å². The summed E-state index contributed by atoms with van der Waals surface area (Å²) in [6, 6.07) is 11.2. The van der Waals surface area contributed by atoms with Crippen LogP contribution < -0.4 is 4.74 Å². The summed E-state index contributed by atoms with van der Waals surface area (Å²) in [5, 5.41) is 11.9. The molecule has 1 atom stereocenters. The van der Waals surface area contributed by atoms with E-state index >= 15 is 0 Å². The van der Waals surface area contributed by atoms with Crippen LogP contribution in [0.4, 0.5) is 0 Å². The number of nitrogens with zero attached hydrogens (tertiary/aromatic N) is 2. The minimum absolute atomic E-state index is 0.325. The van der Waals surface area contributed by atoms with Crippen molar-refractivity contribution in [1.29, 1.82) is 0 Å². The molecule has 1 N–H and O–H groups in total. The minimum Gasteiger partial charge on any atom is -0.489 e. The van der Waals surface area contributed by atoms with Crippen molar-refractivity contribution >= 4 is 10.9 Å². The Bertz CT molecular complexity index is 715. The van der Waals surface area contributed by atoms with Gasteiger partial charge in [0.2, 0.25) is 0 Å². The van der Waals surface area contributed by atoms with Crippen molar-refractivity contribution in [2.45, 2.75) is 82.4 Å². The first-order valence-corrected chi connectivity index (χ1v) is 11.2. The van der Waals surface area contributed by atoms with Gasteiger partial charge >= 0.3 is 0 Å². The van der Waals surface area contributed by atoms with Gasteiger partial charge in [0, 0.05) is 30.2 Å². The number of fused-ring (bicyclic) bond motifs is 1. The van der Waals surface area contributed by atoms with E-state index in [4.69, 9.17) is 4.74 Å². The van der Waals surface area contributed by atoms with Crippen molar-refractivity contribution in [3.8, 4) is 5.75 Å². The Hall–Kier alpha value is -1.65. The molecule has 4 nitrogen and oxygen atoms in total. The molecule has 4 heteroatoms. The molecular weight excluding hydrogens is 348 g/mol. The van der Waals surface area contributed by atoms with Crippen molar-refractivity contribution in [3.05, 3.63) is 36.5 Å². The molecule has 0 saturated heterocycles. The fourth-order valence-corrected chi connectivity index (χ4v) is 5.10. The SMILES string of the molecule is OC(COc1cccc2cccnc12)CN(C1CCCCC1)C1CCCCC1. The second-order valence-corrected chi connectivity index (χ2v) is 8.58. The molecule has 0 spiro atoms. The molecule has 28 heavy (non-hydrogen) atoms. The van der Waals surface area contributed by atoms with Crippen LogP contribution in [0.15, 0.2) is 36.5 Å². The van der Waals surface area contributed by atoms with Crippen LogP contribution >= 0.6 is 0 Å². The van der Waals surface area contributed by atoms with Crippen LogP contribution in [0, 0.1) is 0 Å². The molecule has 0 bridgehead atoms. The molecule has 4 rings (SSSR count). The van der Waals surface area contributed by atoms with E-state index in [2.05, 4.69) is 9.88 Å². The summed E-state index contributed by atoms with van der Waals surface area (Å²) < 4.78 is 6.02. The maximum absolute atomic E-state index is 10.8. The Labute approximate surface area is 168 Å². The summed E-state index contributed by atoms with van der Waals surface area (Å²) in [4.78, 5) is 7.10. The Morgan fingerprint density at radius 3 is 2.25 bits per heavy atom. The second-order valence-electron chi connectivity index (χ2n) is 8.58. The first-order valence-electron chi connectivity index (χ1n) is 11.2. The van der Waals surface area contributed by atoms with Gasteiger partial charge in [-0.1, -0.05) is 56.7 Å². The third-order valence-electron chi connectivity index (χ3n) is 6.54. The lowest BCUT2D eigenvalue weighted by Gasteiger charge is -2.42. The van der Waals surface area contributed by atoms with Crippen molar-refractivity contribution in [2.75, 3.05) is 13.2 Å². The monoisotopic (exact) mass is 382 g/mol. The van der Waals surface area contributed by atoms with Crippen LogP contribution in [0.5, 0.6) is 5.75 Å². The Kier molecular flexibility index (Phi) is 6.81. The molecule has 1 unspecified atom stereocenters. The zero-order valence-corrected chi connectivity index (χ0v) is 16.9. The van der Waals surface area contributed by atoms with Gasteiger partial charge in [0.15, 0.2) is 0 Å². The van der Waals surface area contributed by atoms with Crippen LogP contribution in [0.25, 0.3) is 10.9 Å². The molecule has 152 valence electrons. The third-order valence-corrected chi connectivity index (χ3v) is 6.54. The summed E-state index contributed by atoms with van der Waals surface area (Å²) in [6.07, 6.45) is 14.6. The number of pyridine rings is 1. The maximum Gasteiger partial charge on any atom is 0.145 e. The highest BCUT2D eigenvalue weighted by atomic mass is 16.5. The molecule has 0 amide bonds. The van der Waals surface area contributed by atoms with Crippen molar-refractivity contribution in [3.63, 3.8) is 0 Å². The number of aliphatic hydroxyl groups excluding tert-OH is 1. The van der Waals surface area contributed by atoms with E-state index in [1.807, 2.05) is 30.3 Å². The molecule has 2 fully saturated rings.